The topological polar surface area (TPSA) is 64.6 Å². The van der Waals surface area contributed by atoms with Gasteiger partial charge in [0, 0.05) is 11.3 Å². The Bertz CT molecular complexity index is 952. The van der Waals surface area contributed by atoms with E-state index in [0.29, 0.717) is 17.0 Å². The summed E-state index contributed by atoms with van der Waals surface area (Å²) in [7, 11) is 1.48. The first-order chi connectivity index (χ1) is 13.6. The Morgan fingerprint density at radius 3 is 2.18 bits per heavy atom. The Morgan fingerprint density at radius 2 is 1.50 bits per heavy atom. The van der Waals surface area contributed by atoms with Crippen LogP contribution in [-0.4, -0.2) is 19.0 Å². The van der Waals surface area contributed by atoms with Crippen molar-refractivity contribution in [2.45, 2.75) is 13.0 Å². The molecule has 0 fully saturated rings. The molecule has 0 aromatic heterocycles. The molecule has 3 aromatic carbocycles. The van der Waals surface area contributed by atoms with E-state index in [9.17, 15) is 9.59 Å². The first-order valence-electron chi connectivity index (χ1n) is 8.85. The number of carbonyl (C=O) groups is 2. The SMILES string of the molecule is COc1ccccc1C(=O)O[C@@H](C(=O)Nc1ccc(C)cc1)c1ccccc1. The average Bonchev–Trinajstić information content (AvgIpc) is 2.74. The van der Waals surface area contributed by atoms with Gasteiger partial charge in [-0.1, -0.05) is 60.2 Å². The number of hydrogen-bond acceptors (Lipinski definition) is 4. The van der Waals surface area contributed by atoms with Gasteiger partial charge in [-0.15, -0.1) is 0 Å². The second kappa shape index (κ2) is 8.86. The van der Waals surface area contributed by atoms with Crippen LogP contribution in [0.5, 0.6) is 5.75 Å². The number of rotatable bonds is 6. The van der Waals surface area contributed by atoms with Crippen LogP contribution in [0.2, 0.25) is 0 Å². The quantitative estimate of drug-likeness (QED) is 0.643. The highest BCUT2D eigenvalue weighted by molar-refractivity contribution is 5.99. The summed E-state index contributed by atoms with van der Waals surface area (Å²) in [5, 5.41) is 2.81. The molecule has 0 spiro atoms. The average molecular weight is 375 g/mol. The third-order valence-corrected chi connectivity index (χ3v) is 4.21. The van der Waals surface area contributed by atoms with Crippen LogP contribution in [0, 0.1) is 6.92 Å². The first kappa shape index (κ1) is 19.2. The largest absolute Gasteiger partial charge is 0.496 e. The molecule has 3 rings (SSSR count). The predicted molar refractivity (Wildman–Crippen MR) is 107 cm³/mol. The fourth-order valence-corrected chi connectivity index (χ4v) is 2.73. The molecular formula is C23H21NO4. The Labute approximate surface area is 163 Å². The van der Waals surface area contributed by atoms with E-state index < -0.39 is 18.0 Å². The van der Waals surface area contributed by atoms with Crippen molar-refractivity contribution in [3.8, 4) is 5.75 Å². The van der Waals surface area contributed by atoms with Gasteiger partial charge in [-0.3, -0.25) is 4.79 Å². The summed E-state index contributed by atoms with van der Waals surface area (Å²) in [6.07, 6.45) is -1.10. The Morgan fingerprint density at radius 1 is 0.857 bits per heavy atom. The van der Waals surface area contributed by atoms with Crippen molar-refractivity contribution in [1.82, 2.24) is 0 Å². The number of anilines is 1. The summed E-state index contributed by atoms with van der Waals surface area (Å²) in [6.45, 7) is 1.97. The van der Waals surface area contributed by atoms with Crippen molar-refractivity contribution in [2.75, 3.05) is 12.4 Å². The van der Waals surface area contributed by atoms with E-state index in [1.807, 2.05) is 25.1 Å². The van der Waals surface area contributed by atoms with Crippen LogP contribution >= 0.6 is 0 Å². The van der Waals surface area contributed by atoms with E-state index in [1.165, 1.54) is 7.11 Å². The number of benzene rings is 3. The number of nitrogens with one attached hydrogen (secondary N) is 1. The van der Waals surface area contributed by atoms with Gasteiger partial charge in [-0.25, -0.2) is 4.79 Å². The number of carbonyl (C=O) groups excluding carboxylic acids is 2. The smallest absolute Gasteiger partial charge is 0.343 e. The first-order valence-corrected chi connectivity index (χ1v) is 8.85. The molecule has 5 heteroatoms. The van der Waals surface area contributed by atoms with Crippen LogP contribution < -0.4 is 10.1 Å². The Kier molecular flexibility index (Phi) is 6.07. The molecule has 0 heterocycles. The van der Waals surface area contributed by atoms with E-state index in [2.05, 4.69) is 5.32 Å². The van der Waals surface area contributed by atoms with Crippen molar-refractivity contribution in [2.24, 2.45) is 0 Å². The third-order valence-electron chi connectivity index (χ3n) is 4.21. The van der Waals surface area contributed by atoms with Crippen molar-refractivity contribution >= 4 is 17.6 Å². The van der Waals surface area contributed by atoms with Gasteiger partial charge in [-0.2, -0.15) is 0 Å². The van der Waals surface area contributed by atoms with Gasteiger partial charge in [0.1, 0.15) is 11.3 Å². The van der Waals surface area contributed by atoms with Crippen LogP contribution in [0.25, 0.3) is 0 Å². The summed E-state index contributed by atoms with van der Waals surface area (Å²) in [5.74, 6) is -0.679. The molecule has 5 nitrogen and oxygen atoms in total. The van der Waals surface area contributed by atoms with Gasteiger partial charge < -0.3 is 14.8 Å². The van der Waals surface area contributed by atoms with Gasteiger partial charge in [0.05, 0.1) is 7.11 Å². The number of hydrogen-bond donors (Lipinski definition) is 1. The number of ether oxygens (including phenoxy) is 2. The summed E-state index contributed by atoms with van der Waals surface area (Å²) in [4.78, 5) is 25.6. The van der Waals surface area contributed by atoms with E-state index in [0.717, 1.165) is 5.56 Å². The Hall–Kier alpha value is -3.60. The van der Waals surface area contributed by atoms with E-state index in [4.69, 9.17) is 9.47 Å². The zero-order valence-electron chi connectivity index (χ0n) is 15.7. The van der Waals surface area contributed by atoms with E-state index in [1.54, 1.807) is 60.7 Å². The summed E-state index contributed by atoms with van der Waals surface area (Å²) in [6, 6.07) is 23.0. The van der Waals surface area contributed by atoms with Crippen LogP contribution in [-0.2, 0) is 9.53 Å². The van der Waals surface area contributed by atoms with Gasteiger partial charge in [-0.05, 0) is 31.2 Å². The molecule has 1 amide bonds. The number of methoxy groups -OCH3 is 1. The summed E-state index contributed by atoms with van der Waals surface area (Å²) in [5.41, 5.74) is 2.55. The van der Waals surface area contributed by atoms with Gasteiger partial charge in [0.15, 0.2) is 0 Å². The summed E-state index contributed by atoms with van der Waals surface area (Å²) < 4.78 is 10.8. The van der Waals surface area contributed by atoms with Crippen LogP contribution in [0.3, 0.4) is 0 Å². The molecule has 0 radical (unpaired) electrons. The zero-order chi connectivity index (χ0) is 19.9. The van der Waals surface area contributed by atoms with Gasteiger partial charge in [0.2, 0.25) is 6.10 Å². The number of aryl methyl sites for hydroxylation is 1. The Balaban J connectivity index is 1.86. The second-order valence-corrected chi connectivity index (χ2v) is 6.25. The van der Waals surface area contributed by atoms with E-state index >= 15 is 0 Å². The van der Waals surface area contributed by atoms with Crippen molar-refractivity contribution in [3.63, 3.8) is 0 Å². The summed E-state index contributed by atoms with van der Waals surface area (Å²) >= 11 is 0. The molecule has 28 heavy (non-hydrogen) atoms. The molecule has 0 bridgehead atoms. The fraction of sp³-hybridized carbons (Fsp3) is 0.130. The molecule has 0 aliphatic rings. The highest BCUT2D eigenvalue weighted by Crippen LogP contribution is 2.25. The maximum atomic E-state index is 12.9. The lowest BCUT2D eigenvalue weighted by molar-refractivity contribution is -0.125. The molecule has 0 saturated heterocycles. The highest BCUT2D eigenvalue weighted by Gasteiger charge is 2.27. The maximum Gasteiger partial charge on any atom is 0.343 e. The van der Waals surface area contributed by atoms with Crippen molar-refractivity contribution in [3.05, 3.63) is 95.6 Å². The van der Waals surface area contributed by atoms with E-state index in [-0.39, 0.29) is 5.56 Å². The zero-order valence-corrected chi connectivity index (χ0v) is 15.7. The molecule has 1 N–H and O–H groups in total. The minimum Gasteiger partial charge on any atom is -0.496 e. The third kappa shape index (κ3) is 4.57. The lowest BCUT2D eigenvalue weighted by atomic mass is 10.1. The van der Waals surface area contributed by atoms with Crippen molar-refractivity contribution < 1.29 is 19.1 Å². The second-order valence-electron chi connectivity index (χ2n) is 6.25. The molecule has 1 atom stereocenters. The predicted octanol–water partition coefficient (Wildman–Crippen LogP) is 4.54. The fourth-order valence-electron chi connectivity index (χ4n) is 2.73. The van der Waals surface area contributed by atoms with Gasteiger partial charge >= 0.3 is 5.97 Å². The normalized spacial score (nSPS) is 11.4. The molecule has 0 saturated carbocycles. The molecular weight excluding hydrogens is 354 g/mol. The van der Waals surface area contributed by atoms with Crippen LogP contribution in [0.4, 0.5) is 5.69 Å². The molecule has 0 aliphatic carbocycles. The molecule has 0 unspecified atom stereocenters. The highest BCUT2D eigenvalue weighted by atomic mass is 16.5. The monoisotopic (exact) mass is 375 g/mol. The van der Waals surface area contributed by atoms with Crippen molar-refractivity contribution in [1.29, 1.82) is 0 Å². The van der Waals surface area contributed by atoms with Crippen LogP contribution in [0.1, 0.15) is 27.6 Å². The number of amides is 1. The number of esters is 1. The standard InChI is InChI=1S/C23H21NO4/c1-16-12-14-18(15-13-16)24-22(25)21(17-8-4-3-5-9-17)28-23(26)19-10-6-7-11-20(19)27-2/h3-15,21H,1-2H3,(H,24,25)/t21-/m1/s1. The molecule has 142 valence electrons. The minimum absolute atomic E-state index is 0.258. The molecule has 3 aromatic rings. The minimum atomic E-state index is -1.10. The van der Waals surface area contributed by atoms with Gasteiger partial charge in [0.25, 0.3) is 5.91 Å². The maximum absolute atomic E-state index is 12.9. The lowest BCUT2D eigenvalue weighted by Crippen LogP contribution is -2.26. The molecule has 0 aliphatic heterocycles. The lowest BCUT2D eigenvalue weighted by Gasteiger charge is -2.19. The van der Waals surface area contributed by atoms with Crippen LogP contribution in [0.15, 0.2) is 78.9 Å². The number of para-hydroxylation sites is 1.